The molecule has 2 N–H and O–H groups in total. The first-order valence-corrected chi connectivity index (χ1v) is 6.29. The third-order valence-electron chi connectivity index (χ3n) is 3.38. The van der Waals surface area contributed by atoms with Gasteiger partial charge >= 0.3 is 0 Å². The zero-order valence-electron chi connectivity index (χ0n) is 10.9. The Bertz CT molecular complexity index is 456. The molecule has 1 unspecified atom stereocenters. The summed E-state index contributed by atoms with van der Waals surface area (Å²) in [5, 5.41) is 3.78. The molecule has 6 heteroatoms. The second-order valence-corrected chi connectivity index (χ2v) is 4.61. The van der Waals surface area contributed by atoms with E-state index >= 15 is 0 Å². The van der Waals surface area contributed by atoms with Gasteiger partial charge in [-0.25, -0.2) is 0 Å². The lowest BCUT2D eigenvalue weighted by Gasteiger charge is -2.33. The average Bonchev–Trinajstić information content (AvgIpc) is 2.43. The zero-order chi connectivity index (χ0) is 13.7. The van der Waals surface area contributed by atoms with Gasteiger partial charge in [-0.15, -0.1) is 0 Å². The van der Waals surface area contributed by atoms with Gasteiger partial charge in [0.1, 0.15) is 5.75 Å². The van der Waals surface area contributed by atoms with E-state index in [-0.39, 0.29) is 18.2 Å². The van der Waals surface area contributed by atoms with Crippen molar-refractivity contribution in [2.24, 2.45) is 10.8 Å². The molecule has 0 spiro atoms. The molecule has 2 rings (SSSR count). The first-order chi connectivity index (χ1) is 9.24. The Balaban J connectivity index is 2.08. The van der Waals surface area contributed by atoms with Crippen molar-refractivity contribution < 1.29 is 9.47 Å². The molecule has 0 radical (unpaired) electrons. The van der Waals surface area contributed by atoms with Crippen LogP contribution in [0.2, 0.25) is 0 Å². The Morgan fingerprint density at radius 2 is 2.21 bits per heavy atom. The third-order valence-corrected chi connectivity index (χ3v) is 3.38. The number of nitrogens with zero attached hydrogens (tertiary/aromatic N) is 3. The van der Waals surface area contributed by atoms with Crippen LogP contribution in [-0.2, 0) is 11.2 Å². The molecule has 6 nitrogen and oxygen atoms in total. The Kier molecular flexibility index (Phi) is 4.63. The molecule has 0 amide bonds. The highest BCUT2D eigenvalue weighted by Gasteiger charge is 2.31. The van der Waals surface area contributed by atoms with Crippen LogP contribution in [0.3, 0.4) is 0 Å². The Labute approximate surface area is 112 Å². The van der Waals surface area contributed by atoms with Crippen LogP contribution in [0.15, 0.2) is 29.4 Å². The largest absolute Gasteiger partial charge is 0.497 e. The van der Waals surface area contributed by atoms with Crippen molar-refractivity contribution >= 4 is 0 Å². The monoisotopic (exact) mass is 262 g/mol. The number of nitrogens with two attached hydrogens (primary N) is 1. The number of benzene rings is 1. The summed E-state index contributed by atoms with van der Waals surface area (Å²) in [5.41, 5.74) is 15.7. The van der Waals surface area contributed by atoms with Crippen molar-refractivity contribution in [3.63, 3.8) is 0 Å². The Hall–Kier alpha value is -1.75. The highest BCUT2D eigenvalue weighted by Crippen LogP contribution is 2.21. The minimum Gasteiger partial charge on any atom is -0.497 e. The van der Waals surface area contributed by atoms with Gasteiger partial charge in [0.15, 0.2) is 0 Å². The topological polar surface area (TPSA) is 93.2 Å². The van der Waals surface area contributed by atoms with Crippen LogP contribution in [0, 0.1) is 0 Å². The molecular weight excluding hydrogens is 244 g/mol. The summed E-state index contributed by atoms with van der Waals surface area (Å²) in [7, 11) is 1.63. The van der Waals surface area contributed by atoms with Crippen molar-refractivity contribution in [1.29, 1.82) is 0 Å². The minimum absolute atomic E-state index is 0.132. The maximum Gasteiger partial charge on any atom is 0.118 e. The average molecular weight is 262 g/mol. The van der Waals surface area contributed by atoms with Crippen LogP contribution in [0.1, 0.15) is 12.0 Å². The second-order valence-electron chi connectivity index (χ2n) is 4.61. The quantitative estimate of drug-likeness (QED) is 0.511. The first-order valence-electron chi connectivity index (χ1n) is 6.29. The lowest BCUT2D eigenvalue weighted by atomic mass is 9.93. The SMILES string of the molecule is COc1ccc(C[C@@H]2OCCC(N)[C@H]2N=[N+]=[N-])cc1. The fraction of sp³-hybridized carbons (Fsp3) is 0.538. The lowest BCUT2D eigenvalue weighted by molar-refractivity contribution is -0.00629. The molecule has 3 atom stereocenters. The summed E-state index contributed by atoms with van der Waals surface area (Å²) in [6.07, 6.45) is 1.25. The second kappa shape index (κ2) is 6.43. The van der Waals surface area contributed by atoms with E-state index in [1.807, 2.05) is 24.3 Å². The number of rotatable bonds is 4. The van der Waals surface area contributed by atoms with E-state index in [0.717, 1.165) is 17.7 Å². The van der Waals surface area contributed by atoms with Crippen molar-refractivity contribution in [2.45, 2.75) is 31.0 Å². The normalized spacial score (nSPS) is 26.5. The van der Waals surface area contributed by atoms with E-state index in [2.05, 4.69) is 10.0 Å². The fourth-order valence-corrected chi connectivity index (χ4v) is 2.29. The van der Waals surface area contributed by atoms with Crippen molar-refractivity contribution in [3.05, 3.63) is 40.3 Å². The van der Waals surface area contributed by atoms with Crippen LogP contribution in [0.4, 0.5) is 0 Å². The molecule has 0 aliphatic carbocycles. The molecule has 1 aliphatic heterocycles. The molecule has 1 aromatic rings. The highest BCUT2D eigenvalue weighted by atomic mass is 16.5. The molecule has 1 aliphatic rings. The number of ether oxygens (including phenoxy) is 2. The molecular formula is C13H18N4O2. The van der Waals surface area contributed by atoms with Gasteiger partial charge in [0, 0.05) is 17.6 Å². The van der Waals surface area contributed by atoms with E-state index in [9.17, 15) is 0 Å². The molecule has 1 heterocycles. The van der Waals surface area contributed by atoms with Crippen LogP contribution in [0.5, 0.6) is 5.75 Å². The molecule has 19 heavy (non-hydrogen) atoms. The summed E-state index contributed by atoms with van der Waals surface area (Å²) in [5.74, 6) is 0.816. The predicted octanol–water partition coefficient (Wildman–Crippen LogP) is 2.03. The number of hydrogen-bond acceptors (Lipinski definition) is 4. The molecule has 0 saturated carbocycles. The van der Waals surface area contributed by atoms with Gasteiger partial charge in [0.2, 0.25) is 0 Å². The van der Waals surface area contributed by atoms with Crippen molar-refractivity contribution in [3.8, 4) is 5.75 Å². The number of hydrogen-bond donors (Lipinski definition) is 1. The molecule has 0 bridgehead atoms. The minimum atomic E-state index is -0.305. The number of azide groups is 1. The van der Waals surface area contributed by atoms with E-state index in [1.54, 1.807) is 7.11 Å². The van der Waals surface area contributed by atoms with Gasteiger partial charge in [-0.3, -0.25) is 0 Å². The predicted molar refractivity (Wildman–Crippen MR) is 72.0 cm³/mol. The molecule has 0 aromatic heterocycles. The maximum absolute atomic E-state index is 8.62. The van der Waals surface area contributed by atoms with E-state index in [0.29, 0.717) is 13.0 Å². The highest BCUT2D eigenvalue weighted by molar-refractivity contribution is 5.27. The van der Waals surface area contributed by atoms with Gasteiger partial charge in [0.25, 0.3) is 0 Å². The van der Waals surface area contributed by atoms with Gasteiger partial charge in [0.05, 0.1) is 19.3 Å². The van der Waals surface area contributed by atoms with Crippen LogP contribution >= 0.6 is 0 Å². The zero-order valence-corrected chi connectivity index (χ0v) is 10.9. The van der Waals surface area contributed by atoms with E-state index in [4.69, 9.17) is 20.7 Å². The summed E-state index contributed by atoms with van der Waals surface area (Å²) in [4.78, 5) is 2.87. The van der Waals surface area contributed by atoms with E-state index in [1.165, 1.54) is 0 Å². The van der Waals surface area contributed by atoms with Gasteiger partial charge < -0.3 is 15.2 Å². The van der Waals surface area contributed by atoms with Crippen LogP contribution in [-0.4, -0.2) is 31.9 Å². The summed E-state index contributed by atoms with van der Waals surface area (Å²) in [6.45, 7) is 0.611. The van der Waals surface area contributed by atoms with Crippen LogP contribution in [0.25, 0.3) is 10.4 Å². The van der Waals surface area contributed by atoms with Crippen LogP contribution < -0.4 is 10.5 Å². The Morgan fingerprint density at radius 1 is 1.47 bits per heavy atom. The molecule has 1 saturated heterocycles. The summed E-state index contributed by atoms with van der Waals surface area (Å²) < 4.78 is 10.8. The standard InChI is InChI=1S/C13H18N4O2/c1-18-10-4-2-9(3-5-10)8-12-13(16-17-15)11(14)6-7-19-12/h2-5,11-13H,6-8,14H2,1H3/t11?,12-,13+/m0/s1. The van der Waals surface area contributed by atoms with Gasteiger partial charge in [-0.05, 0) is 36.1 Å². The fourth-order valence-electron chi connectivity index (χ4n) is 2.29. The smallest absolute Gasteiger partial charge is 0.118 e. The molecule has 1 fully saturated rings. The molecule has 102 valence electrons. The van der Waals surface area contributed by atoms with Crippen molar-refractivity contribution in [1.82, 2.24) is 0 Å². The lowest BCUT2D eigenvalue weighted by Crippen LogP contribution is -2.48. The molecule has 1 aromatic carbocycles. The summed E-state index contributed by atoms with van der Waals surface area (Å²) in [6, 6.07) is 7.33. The number of methoxy groups -OCH3 is 1. The summed E-state index contributed by atoms with van der Waals surface area (Å²) >= 11 is 0. The maximum atomic E-state index is 8.62. The Morgan fingerprint density at radius 3 is 2.84 bits per heavy atom. The van der Waals surface area contributed by atoms with E-state index < -0.39 is 0 Å². The van der Waals surface area contributed by atoms with Crippen molar-refractivity contribution in [2.75, 3.05) is 13.7 Å². The van der Waals surface area contributed by atoms with Gasteiger partial charge in [-0.1, -0.05) is 17.2 Å². The third kappa shape index (κ3) is 3.38. The first kappa shape index (κ1) is 13.7. The van der Waals surface area contributed by atoms with Gasteiger partial charge in [-0.2, -0.15) is 0 Å².